The van der Waals surface area contributed by atoms with E-state index in [1.54, 1.807) is 0 Å². The lowest BCUT2D eigenvalue weighted by Crippen LogP contribution is -2.29. The minimum atomic E-state index is 0.0162. The predicted molar refractivity (Wildman–Crippen MR) is 95.7 cm³/mol. The van der Waals surface area contributed by atoms with Crippen molar-refractivity contribution in [3.8, 4) is 0 Å². The molecule has 1 aromatic carbocycles. The molecule has 0 spiro atoms. The SMILES string of the molecule is CCN(CC)c1ccc(NC(=O)CNCCC(C)C)c(C)c1. The van der Waals surface area contributed by atoms with Crippen molar-refractivity contribution in [3.05, 3.63) is 23.8 Å². The fourth-order valence-corrected chi connectivity index (χ4v) is 2.36. The van der Waals surface area contributed by atoms with Gasteiger partial charge in [-0.25, -0.2) is 0 Å². The molecule has 0 saturated carbocycles. The Morgan fingerprint density at radius 1 is 1.23 bits per heavy atom. The van der Waals surface area contributed by atoms with E-state index >= 15 is 0 Å². The third kappa shape index (κ3) is 6.06. The minimum absolute atomic E-state index is 0.0162. The van der Waals surface area contributed by atoms with Crippen LogP contribution < -0.4 is 15.5 Å². The van der Waals surface area contributed by atoms with Crippen LogP contribution in [0.4, 0.5) is 11.4 Å². The molecule has 0 saturated heterocycles. The van der Waals surface area contributed by atoms with E-state index in [9.17, 15) is 4.79 Å². The van der Waals surface area contributed by atoms with Gasteiger partial charge >= 0.3 is 0 Å². The van der Waals surface area contributed by atoms with Crippen LogP contribution in [-0.2, 0) is 4.79 Å². The van der Waals surface area contributed by atoms with Crippen LogP contribution in [0.2, 0.25) is 0 Å². The Bertz CT molecular complexity index is 467. The van der Waals surface area contributed by atoms with Crippen LogP contribution in [0, 0.1) is 12.8 Å². The van der Waals surface area contributed by atoms with Crippen LogP contribution in [0.1, 0.15) is 39.7 Å². The summed E-state index contributed by atoms with van der Waals surface area (Å²) in [5.41, 5.74) is 3.20. The van der Waals surface area contributed by atoms with Gasteiger partial charge in [-0.05, 0) is 63.4 Å². The highest BCUT2D eigenvalue weighted by molar-refractivity contribution is 5.93. The molecule has 4 heteroatoms. The maximum atomic E-state index is 12.0. The summed E-state index contributed by atoms with van der Waals surface area (Å²) in [5, 5.41) is 6.16. The number of nitrogens with zero attached hydrogens (tertiary/aromatic N) is 1. The number of nitrogens with one attached hydrogen (secondary N) is 2. The number of carbonyl (C=O) groups is 1. The van der Waals surface area contributed by atoms with E-state index in [0.29, 0.717) is 12.5 Å². The van der Waals surface area contributed by atoms with Gasteiger partial charge in [0.15, 0.2) is 0 Å². The maximum Gasteiger partial charge on any atom is 0.238 e. The van der Waals surface area contributed by atoms with Crippen molar-refractivity contribution in [1.82, 2.24) is 5.32 Å². The lowest BCUT2D eigenvalue weighted by atomic mass is 10.1. The summed E-state index contributed by atoms with van der Waals surface area (Å²) in [5.74, 6) is 0.674. The summed E-state index contributed by atoms with van der Waals surface area (Å²) in [7, 11) is 0. The second kappa shape index (κ2) is 9.46. The number of anilines is 2. The van der Waals surface area contributed by atoms with E-state index < -0.39 is 0 Å². The highest BCUT2D eigenvalue weighted by Gasteiger charge is 2.07. The first-order valence-electron chi connectivity index (χ1n) is 8.34. The van der Waals surface area contributed by atoms with Crippen LogP contribution in [0.15, 0.2) is 18.2 Å². The number of rotatable bonds is 9. The lowest BCUT2D eigenvalue weighted by molar-refractivity contribution is -0.115. The first kappa shape index (κ1) is 18.5. The second-order valence-electron chi connectivity index (χ2n) is 6.08. The molecule has 0 aliphatic carbocycles. The number of benzene rings is 1. The molecule has 2 N–H and O–H groups in total. The number of amides is 1. The molecule has 1 rings (SSSR count). The summed E-state index contributed by atoms with van der Waals surface area (Å²) in [6.07, 6.45) is 1.09. The Labute approximate surface area is 135 Å². The number of hydrogen-bond acceptors (Lipinski definition) is 3. The Morgan fingerprint density at radius 3 is 2.45 bits per heavy atom. The van der Waals surface area contributed by atoms with Gasteiger partial charge in [-0.2, -0.15) is 0 Å². The Kier molecular flexibility index (Phi) is 7.96. The van der Waals surface area contributed by atoms with E-state index in [1.165, 1.54) is 5.69 Å². The first-order chi connectivity index (χ1) is 10.5. The number of hydrogen-bond donors (Lipinski definition) is 2. The summed E-state index contributed by atoms with van der Waals surface area (Å²) in [6, 6.07) is 6.20. The molecule has 0 unspecified atom stereocenters. The average molecular weight is 305 g/mol. The Balaban J connectivity index is 2.53. The summed E-state index contributed by atoms with van der Waals surface area (Å²) >= 11 is 0. The number of aryl methyl sites for hydroxylation is 1. The normalized spacial score (nSPS) is 10.8. The van der Waals surface area contributed by atoms with Gasteiger partial charge in [0.2, 0.25) is 5.91 Å². The van der Waals surface area contributed by atoms with Gasteiger partial charge in [0, 0.05) is 24.5 Å². The van der Waals surface area contributed by atoms with Gasteiger partial charge in [0.25, 0.3) is 0 Å². The molecule has 0 atom stereocenters. The van der Waals surface area contributed by atoms with Crippen molar-refractivity contribution in [2.45, 2.75) is 41.0 Å². The number of carbonyl (C=O) groups excluding carboxylic acids is 1. The van der Waals surface area contributed by atoms with Crippen molar-refractivity contribution >= 4 is 17.3 Å². The standard InChI is InChI=1S/C18H31N3O/c1-6-21(7-2)16-8-9-17(15(5)12-16)20-18(22)13-19-11-10-14(3)4/h8-9,12,14,19H,6-7,10-11,13H2,1-5H3,(H,20,22). The van der Waals surface area contributed by atoms with E-state index in [4.69, 9.17) is 0 Å². The largest absolute Gasteiger partial charge is 0.372 e. The highest BCUT2D eigenvalue weighted by Crippen LogP contribution is 2.22. The molecule has 1 aromatic rings. The van der Waals surface area contributed by atoms with Gasteiger partial charge < -0.3 is 15.5 Å². The third-order valence-corrected chi connectivity index (χ3v) is 3.80. The molecular weight excluding hydrogens is 274 g/mol. The van der Waals surface area contributed by atoms with E-state index in [2.05, 4.69) is 55.4 Å². The highest BCUT2D eigenvalue weighted by atomic mass is 16.1. The van der Waals surface area contributed by atoms with Gasteiger partial charge in [0.05, 0.1) is 6.54 Å². The molecule has 0 radical (unpaired) electrons. The molecule has 0 aliphatic rings. The fourth-order valence-electron chi connectivity index (χ4n) is 2.36. The zero-order valence-corrected chi connectivity index (χ0v) is 14.7. The van der Waals surface area contributed by atoms with Gasteiger partial charge in [-0.15, -0.1) is 0 Å². The second-order valence-corrected chi connectivity index (χ2v) is 6.08. The van der Waals surface area contributed by atoms with Crippen molar-refractivity contribution in [2.24, 2.45) is 5.92 Å². The Hall–Kier alpha value is -1.55. The molecule has 4 nitrogen and oxygen atoms in total. The quantitative estimate of drug-likeness (QED) is 0.687. The van der Waals surface area contributed by atoms with Crippen molar-refractivity contribution in [2.75, 3.05) is 36.4 Å². The maximum absolute atomic E-state index is 12.0. The monoisotopic (exact) mass is 305 g/mol. The molecule has 0 aliphatic heterocycles. The smallest absolute Gasteiger partial charge is 0.238 e. The molecular formula is C18H31N3O. The fraction of sp³-hybridized carbons (Fsp3) is 0.611. The third-order valence-electron chi connectivity index (χ3n) is 3.80. The van der Waals surface area contributed by atoms with Crippen molar-refractivity contribution < 1.29 is 4.79 Å². The predicted octanol–water partition coefficient (Wildman–Crippen LogP) is 3.42. The molecule has 0 fully saturated rings. The topological polar surface area (TPSA) is 44.4 Å². The van der Waals surface area contributed by atoms with Crippen LogP contribution in [-0.4, -0.2) is 32.1 Å². The molecule has 0 bridgehead atoms. The molecule has 124 valence electrons. The molecule has 0 aromatic heterocycles. The zero-order chi connectivity index (χ0) is 16.5. The summed E-state index contributed by atoms with van der Waals surface area (Å²) in [6.45, 7) is 13.9. The van der Waals surface area contributed by atoms with Crippen molar-refractivity contribution in [1.29, 1.82) is 0 Å². The van der Waals surface area contributed by atoms with E-state index in [-0.39, 0.29) is 5.91 Å². The minimum Gasteiger partial charge on any atom is -0.372 e. The van der Waals surface area contributed by atoms with Crippen LogP contribution in [0.5, 0.6) is 0 Å². The zero-order valence-electron chi connectivity index (χ0n) is 14.7. The molecule has 22 heavy (non-hydrogen) atoms. The summed E-state index contributed by atoms with van der Waals surface area (Å²) in [4.78, 5) is 14.3. The van der Waals surface area contributed by atoms with E-state index in [0.717, 1.165) is 37.3 Å². The first-order valence-corrected chi connectivity index (χ1v) is 8.34. The van der Waals surface area contributed by atoms with Gasteiger partial charge in [-0.1, -0.05) is 13.8 Å². The molecule has 0 heterocycles. The van der Waals surface area contributed by atoms with Crippen LogP contribution in [0.25, 0.3) is 0 Å². The van der Waals surface area contributed by atoms with Gasteiger partial charge in [0.1, 0.15) is 0 Å². The van der Waals surface area contributed by atoms with Crippen molar-refractivity contribution in [3.63, 3.8) is 0 Å². The average Bonchev–Trinajstić information content (AvgIpc) is 2.47. The molecule has 1 amide bonds. The Morgan fingerprint density at radius 2 is 1.91 bits per heavy atom. The lowest BCUT2D eigenvalue weighted by Gasteiger charge is -2.22. The summed E-state index contributed by atoms with van der Waals surface area (Å²) < 4.78 is 0. The van der Waals surface area contributed by atoms with E-state index in [1.807, 2.05) is 13.0 Å². The van der Waals surface area contributed by atoms with Gasteiger partial charge in [-0.3, -0.25) is 4.79 Å². The van der Waals surface area contributed by atoms with Crippen LogP contribution in [0.3, 0.4) is 0 Å². The van der Waals surface area contributed by atoms with Crippen LogP contribution >= 0.6 is 0 Å².